The molecule has 0 aliphatic rings. The first-order valence-electron chi connectivity index (χ1n) is 5.11. The number of methoxy groups -OCH3 is 1. The zero-order valence-electron chi connectivity index (χ0n) is 9.26. The van der Waals surface area contributed by atoms with Crippen LogP contribution >= 0.6 is 0 Å². The average Bonchev–Trinajstić information content (AvgIpc) is 2.30. The fraction of sp³-hybridized carbons (Fsp3) is 0.417. The van der Waals surface area contributed by atoms with Crippen LogP contribution < -0.4 is 0 Å². The van der Waals surface area contributed by atoms with Crippen molar-refractivity contribution in [1.82, 2.24) is 0 Å². The molecule has 1 N–H and O–H groups in total. The monoisotopic (exact) mass is 224 g/mol. The Hall–Kier alpha value is -1.39. The molecule has 0 aromatic heterocycles. The van der Waals surface area contributed by atoms with E-state index in [9.17, 15) is 4.79 Å². The number of rotatable bonds is 7. The highest BCUT2D eigenvalue weighted by molar-refractivity contribution is 5.72. The second kappa shape index (κ2) is 6.98. The van der Waals surface area contributed by atoms with Gasteiger partial charge in [-0.2, -0.15) is 0 Å². The maximum Gasteiger partial charge on any atom is 0.332 e. The quantitative estimate of drug-likeness (QED) is 0.716. The number of carboxylic acid groups (broad SMARTS) is 1. The lowest BCUT2D eigenvalue weighted by atomic mass is 10.2. The Morgan fingerprint density at radius 3 is 2.62 bits per heavy atom. The minimum absolute atomic E-state index is 0.360. The van der Waals surface area contributed by atoms with Gasteiger partial charge in [0.25, 0.3) is 0 Å². The third-order valence-corrected chi connectivity index (χ3v) is 2.20. The molecular weight excluding hydrogens is 208 g/mol. The molecule has 16 heavy (non-hydrogen) atoms. The second-order valence-electron chi connectivity index (χ2n) is 3.39. The van der Waals surface area contributed by atoms with Gasteiger partial charge in [-0.3, -0.25) is 0 Å². The van der Waals surface area contributed by atoms with Gasteiger partial charge in [0.15, 0.2) is 6.10 Å². The number of aliphatic carboxylic acids is 1. The SMILES string of the molecule is COC(CCOCc1ccccc1)C(=O)O. The molecule has 0 aliphatic heterocycles. The molecule has 0 bridgehead atoms. The lowest BCUT2D eigenvalue weighted by Gasteiger charge is -2.10. The summed E-state index contributed by atoms with van der Waals surface area (Å²) in [4.78, 5) is 10.6. The Labute approximate surface area is 94.8 Å². The minimum atomic E-state index is -0.953. The van der Waals surface area contributed by atoms with Crippen LogP contribution in [-0.4, -0.2) is 30.9 Å². The first-order chi connectivity index (χ1) is 7.74. The van der Waals surface area contributed by atoms with Crippen LogP contribution in [0.25, 0.3) is 0 Å². The molecule has 0 saturated heterocycles. The molecule has 0 heterocycles. The molecule has 0 fully saturated rings. The van der Waals surface area contributed by atoms with E-state index in [4.69, 9.17) is 14.6 Å². The lowest BCUT2D eigenvalue weighted by molar-refractivity contribution is -0.149. The molecular formula is C12H16O4. The molecule has 1 atom stereocenters. The highest BCUT2D eigenvalue weighted by atomic mass is 16.5. The number of hydrogen-bond donors (Lipinski definition) is 1. The smallest absolute Gasteiger partial charge is 0.332 e. The van der Waals surface area contributed by atoms with Crippen LogP contribution in [0.2, 0.25) is 0 Å². The predicted molar refractivity (Wildman–Crippen MR) is 59.1 cm³/mol. The van der Waals surface area contributed by atoms with Crippen LogP contribution in [0.1, 0.15) is 12.0 Å². The standard InChI is InChI=1S/C12H16O4/c1-15-11(12(13)14)7-8-16-9-10-5-3-2-4-6-10/h2-6,11H,7-9H2,1H3,(H,13,14). The molecule has 0 aliphatic carbocycles. The molecule has 88 valence electrons. The van der Waals surface area contributed by atoms with Crippen molar-refractivity contribution < 1.29 is 19.4 Å². The first-order valence-corrected chi connectivity index (χ1v) is 5.11. The Morgan fingerprint density at radius 2 is 2.06 bits per heavy atom. The summed E-state index contributed by atoms with van der Waals surface area (Å²) in [6.07, 6.45) is -0.422. The zero-order valence-corrected chi connectivity index (χ0v) is 9.26. The number of carbonyl (C=O) groups is 1. The normalized spacial score (nSPS) is 12.3. The average molecular weight is 224 g/mol. The van der Waals surface area contributed by atoms with Crippen molar-refractivity contribution in [2.45, 2.75) is 19.1 Å². The summed E-state index contributed by atoms with van der Waals surface area (Å²) in [6, 6.07) is 9.74. The van der Waals surface area contributed by atoms with E-state index in [2.05, 4.69) is 0 Å². The molecule has 1 aromatic carbocycles. The predicted octanol–water partition coefficient (Wildman–Crippen LogP) is 1.69. The maximum absolute atomic E-state index is 10.6. The van der Waals surface area contributed by atoms with Gasteiger partial charge in [-0.25, -0.2) is 4.79 Å². The van der Waals surface area contributed by atoms with Crippen LogP contribution in [0, 0.1) is 0 Å². The van der Waals surface area contributed by atoms with Crippen molar-refractivity contribution in [2.75, 3.05) is 13.7 Å². The number of benzene rings is 1. The maximum atomic E-state index is 10.6. The third-order valence-electron chi connectivity index (χ3n) is 2.20. The Balaban J connectivity index is 2.19. The molecule has 1 rings (SSSR count). The van der Waals surface area contributed by atoms with Crippen molar-refractivity contribution in [3.8, 4) is 0 Å². The van der Waals surface area contributed by atoms with Gasteiger partial charge in [-0.15, -0.1) is 0 Å². The number of carboxylic acids is 1. The van der Waals surface area contributed by atoms with E-state index in [0.717, 1.165) is 5.56 Å². The van der Waals surface area contributed by atoms with Gasteiger partial charge in [0.05, 0.1) is 13.2 Å². The molecule has 4 nitrogen and oxygen atoms in total. The molecule has 1 unspecified atom stereocenters. The first kappa shape index (κ1) is 12.7. The minimum Gasteiger partial charge on any atom is -0.479 e. The number of hydrogen-bond acceptors (Lipinski definition) is 3. The van der Waals surface area contributed by atoms with Gasteiger partial charge >= 0.3 is 5.97 Å². The fourth-order valence-corrected chi connectivity index (χ4v) is 1.30. The summed E-state index contributed by atoms with van der Waals surface area (Å²) in [7, 11) is 1.38. The summed E-state index contributed by atoms with van der Waals surface area (Å²) in [5.74, 6) is -0.953. The van der Waals surface area contributed by atoms with Crippen molar-refractivity contribution >= 4 is 5.97 Å². The number of ether oxygens (including phenoxy) is 2. The van der Waals surface area contributed by atoms with Crippen molar-refractivity contribution in [3.63, 3.8) is 0 Å². The molecule has 0 spiro atoms. The van der Waals surface area contributed by atoms with E-state index in [1.54, 1.807) is 0 Å². The Morgan fingerprint density at radius 1 is 1.38 bits per heavy atom. The van der Waals surface area contributed by atoms with Crippen molar-refractivity contribution in [1.29, 1.82) is 0 Å². The molecule has 1 aromatic rings. The highest BCUT2D eigenvalue weighted by Crippen LogP contribution is 2.03. The summed E-state index contributed by atoms with van der Waals surface area (Å²) in [5.41, 5.74) is 1.08. The van der Waals surface area contributed by atoms with Crippen LogP contribution in [0.5, 0.6) is 0 Å². The van der Waals surface area contributed by atoms with Crippen molar-refractivity contribution in [2.24, 2.45) is 0 Å². The van der Waals surface area contributed by atoms with Crippen molar-refractivity contribution in [3.05, 3.63) is 35.9 Å². The fourth-order valence-electron chi connectivity index (χ4n) is 1.30. The van der Waals surface area contributed by atoms with E-state index in [0.29, 0.717) is 19.6 Å². The summed E-state index contributed by atoms with van der Waals surface area (Å²) >= 11 is 0. The van der Waals surface area contributed by atoms with Crippen LogP contribution in [0.3, 0.4) is 0 Å². The Bertz CT molecular complexity index is 310. The topological polar surface area (TPSA) is 55.8 Å². The van der Waals surface area contributed by atoms with E-state index in [1.165, 1.54) is 7.11 Å². The van der Waals surface area contributed by atoms with Crippen LogP contribution in [-0.2, 0) is 20.9 Å². The third kappa shape index (κ3) is 4.42. The lowest BCUT2D eigenvalue weighted by Crippen LogP contribution is -2.23. The molecule has 4 heteroatoms. The highest BCUT2D eigenvalue weighted by Gasteiger charge is 2.15. The summed E-state index contributed by atoms with van der Waals surface area (Å²) in [6.45, 7) is 0.872. The van der Waals surface area contributed by atoms with E-state index in [1.807, 2.05) is 30.3 Å². The van der Waals surface area contributed by atoms with Gasteiger partial charge in [-0.05, 0) is 5.56 Å². The molecule has 0 amide bonds. The van der Waals surface area contributed by atoms with Gasteiger partial charge in [0.2, 0.25) is 0 Å². The molecule has 0 radical (unpaired) electrons. The van der Waals surface area contributed by atoms with Gasteiger partial charge < -0.3 is 14.6 Å². The van der Waals surface area contributed by atoms with E-state index in [-0.39, 0.29) is 0 Å². The largest absolute Gasteiger partial charge is 0.479 e. The van der Waals surface area contributed by atoms with Crippen LogP contribution in [0.4, 0.5) is 0 Å². The van der Waals surface area contributed by atoms with E-state index >= 15 is 0 Å². The van der Waals surface area contributed by atoms with Gasteiger partial charge in [-0.1, -0.05) is 30.3 Å². The summed E-state index contributed by atoms with van der Waals surface area (Å²) < 4.78 is 10.1. The Kier molecular flexibility index (Phi) is 5.53. The van der Waals surface area contributed by atoms with Gasteiger partial charge in [0.1, 0.15) is 0 Å². The summed E-state index contributed by atoms with van der Waals surface area (Å²) in [5, 5.41) is 8.71. The molecule has 0 saturated carbocycles. The van der Waals surface area contributed by atoms with Gasteiger partial charge in [0, 0.05) is 13.5 Å². The van der Waals surface area contributed by atoms with E-state index < -0.39 is 12.1 Å². The van der Waals surface area contributed by atoms with Crippen LogP contribution in [0.15, 0.2) is 30.3 Å². The second-order valence-corrected chi connectivity index (χ2v) is 3.39. The zero-order chi connectivity index (χ0) is 11.8.